The first-order chi connectivity index (χ1) is 15.1. The lowest BCUT2D eigenvalue weighted by Gasteiger charge is -2.31. The Labute approximate surface area is 181 Å². The zero-order valence-electron chi connectivity index (χ0n) is 17.4. The smallest absolute Gasteiger partial charge is 0.379 e. The molecule has 0 aliphatic rings. The van der Waals surface area contributed by atoms with E-state index < -0.39 is 24.6 Å². The van der Waals surface area contributed by atoms with Gasteiger partial charge in [0, 0.05) is 0 Å². The number of hydrogen-bond donors (Lipinski definition) is 0. The van der Waals surface area contributed by atoms with Gasteiger partial charge < -0.3 is 9.47 Å². The van der Waals surface area contributed by atoms with Crippen LogP contribution < -0.4 is 15.9 Å². The van der Waals surface area contributed by atoms with Gasteiger partial charge >= 0.3 is 11.9 Å². The fourth-order valence-corrected chi connectivity index (χ4v) is 7.82. The monoisotopic (exact) mass is 435 g/mol. The molecule has 6 heteroatoms. The quantitative estimate of drug-likeness (QED) is 0.188. The summed E-state index contributed by atoms with van der Waals surface area (Å²) >= 11 is 0. The topological polar surface area (TPSA) is 69.7 Å². The number of ketones is 1. The molecule has 3 rings (SSSR count). The number of hydrogen-bond acceptors (Lipinski definition) is 5. The first kappa shape index (κ1) is 22.3. The van der Waals surface area contributed by atoms with Crippen LogP contribution in [0.15, 0.2) is 91.0 Å². The van der Waals surface area contributed by atoms with Crippen molar-refractivity contribution in [2.45, 2.75) is 6.92 Å². The minimum Gasteiger partial charge on any atom is -0.463 e. The summed E-state index contributed by atoms with van der Waals surface area (Å²) in [5.74, 6) is -2.91. The summed E-state index contributed by atoms with van der Waals surface area (Å²) in [6.45, 7) is -1.36. The maximum absolute atomic E-state index is 13.4. The second kappa shape index (κ2) is 10.1. The number of esters is 2. The van der Waals surface area contributed by atoms with Gasteiger partial charge in [0.15, 0.2) is 0 Å². The van der Waals surface area contributed by atoms with Crippen molar-refractivity contribution in [1.29, 1.82) is 0 Å². The largest absolute Gasteiger partial charge is 0.463 e. The summed E-state index contributed by atoms with van der Waals surface area (Å²) in [7, 11) is 1.12. The molecule has 0 saturated carbocycles. The van der Waals surface area contributed by atoms with Gasteiger partial charge in [-0.2, -0.15) is 0 Å². The number of carbonyl (C=O) groups excluding carboxylic acids is 3. The Kier molecular flexibility index (Phi) is 7.22. The van der Waals surface area contributed by atoms with Crippen LogP contribution in [0, 0.1) is 0 Å². The lowest BCUT2D eigenvalue weighted by molar-refractivity contribution is -0.149. The van der Waals surface area contributed by atoms with Crippen molar-refractivity contribution < 1.29 is 23.9 Å². The lowest BCUT2D eigenvalue weighted by Crippen LogP contribution is -2.41. The number of ether oxygens (including phenoxy) is 2. The molecule has 5 nitrogen and oxygen atoms in total. The lowest BCUT2D eigenvalue weighted by atomic mass is 10.4. The Balaban J connectivity index is 2.64. The molecular weight excluding hydrogens is 412 g/mol. The van der Waals surface area contributed by atoms with Gasteiger partial charge in [0.1, 0.15) is 5.29 Å². The van der Waals surface area contributed by atoms with Crippen LogP contribution in [0.5, 0.6) is 0 Å². The van der Waals surface area contributed by atoms with Gasteiger partial charge in [-0.3, -0.25) is 4.79 Å². The van der Waals surface area contributed by atoms with Gasteiger partial charge in [-0.15, -0.1) is 0 Å². The van der Waals surface area contributed by atoms with Gasteiger partial charge in [0.25, 0.3) is 5.78 Å². The number of methoxy groups -OCH3 is 1. The Hall–Kier alpha value is -3.43. The zero-order chi connectivity index (χ0) is 22.3. The summed E-state index contributed by atoms with van der Waals surface area (Å²) in [4.78, 5) is 39.1. The van der Waals surface area contributed by atoms with E-state index in [9.17, 15) is 14.4 Å². The number of rotatable bonds is 7. The van der Waals surface area contributed by atoms with Crippen LogP contribution in [0.1, 0.15) is 6.92 Å². The van der Waals surface area contributed by atoms with E-state index in [4.69, 9.17) is 9.47 Å². The predicted molar refractivity (Wildman–Crippen MR) is 124 cm³/mol. The van der Waals surface area contributed by atoms with Crippen molar-refractivity contribution in [3.63, 3.8) is 0 Å². The highest BCUT2D eigenvalue weighted by Crippen LogP contribution is 2.46. The molecule has 0 unspecified atom stereocenters. The predicted octanol–water partition coefficient (Wildman–Crippen LogP) is 2.46. The van der Waals surface area contributed by atoms with E-state index in [1.165, 1.54) is 0 Å². The Morgan fingerprint density at radius 2 is 1.06 bits per heavy atom. The fourth-order valence-electron chi connectivity index (χ4n) is 3.56. The second-order valence-electron chi connectivity index (χ2n) is 6.57. The van der Waals surface area contributed by atoms with Gasteiger partial charge in [0.2, 0.25) is 0 Å². The van der Waals surface area contributed by atoms with Crippen LogP contribution in [-0.2, 0) is 23.9 Å². The molecule has 0 bridgehead atoms. The molecule has 3 aromatic rings. The average Bonchev–Trinajstić information content (AvgIpc) is 2.83. The van der Waals surface area contributed by atoms with Gasteiger partial charge in [-0.05, 0) is 29.7 Å². The summed E-state index contributed by atoms with van der Waals surface area (Å²) in [6, 6.07) is 27.9. The maximum Gasteiger partial charge on any atom is 0.379 e. The fraction of sp³-hybridized carbons (Fsp3) is 0.120. The van der Waals surface area contributed by atoms with Crippen LogP contribution in [-0.4, -0.2) is 36.7 Å². The summed E-state index contributed by atoms with van der Waals surface area (Å²) in [5.41, 5.74) is 0. The van der Waals surface area contributed by atoms with Gasteiger partial charge in [-0.25, -0.2) is 9.59 Å². The van der Waals surface area contributed by atoms with Crippen LogP contribution in [0.4, 0.5) is 0 Å². The SMILES string of the molecule is CCOC(=O)[13C](C(=O)C(=O)OC)=P(c1ccccc1)(c1ccccc1)c1ccccc1. The Bertz CT molecular complexity index is 1020. The normalized spacial score (nSPS) is 10.8. The molecule has 31 heavy (non-hydrogen) atoms. The summed E-state index contributed by atoms with van der Waals surface area (Å²) < 4.78 is 10.0. The van der Waals surface area contributed by atoms with Crippen molar-refractivity contribution in [3.8, 4) is 0 Å². The highest BCUT2D eigenvalue weighted by atomic mass is 31.2. The number of carbonyl (C=O) groups is 3. The molecule has 0 N–H and O–H groups in total. The molecule has 0 fully saturated rings. The molecule has 0 radical (unpaired) electrons. The van der Waals surface area contributed by atoms with Crippen LogP contribution >= 0.6 is 6.89 Å². The highest BCUT2D eigenvalue weighted by Gasteiger charge is 2.40. The molecule has 0 spiro atoms. The van der Waals surface area contributed by atoms with Crippen LogP contribution in [0.3, 0.4) is 0 Å². The number of benzene rings is 3. The molecule has 0 aromatic heterocycles. The molecule has 0 aliphatic carbocycles. The maximum atomic E-state index is 13.4. The first-order valence-corrected chi connectivity index (χ1v) is 11.6. The molecule has 0 amide bonds. The van der Waals surface area contributed by atoms with E-state index >= 15 is 0 Å². The molecule has 0 atom stereocenters. The van der Waals surface area contributed by atoms with Crippen molar-refractivity contribution in [2.24, 2.45) is 0 Å². The van der Waals surface area contributed by atoms with E-state index in [1.54, 1.807) is 6.92 Å². The molecule has 0 heterocycles. The van der Waals surface area contributed by atoms with E-state index in [-0.39, 0.29) is 11.9 Å². The van der Waals surface area contributed by atoms with Crippen molar-refractivity contribution >= 4 is 45.8 Å². The minimum atomic E-state index is -3.08. The first-order valence-electron chi connectivity index (χ1n) is 9.80. The standard InChI is InChI=1S/C25H23O5P/c1-3-30-25(28)23(22(26)24(27)29-2)31(19-13-7-4-8-14-19,20-15-9-5-10-16-20)21-17-11-6-12-18-21/h4-18H,3H2,1-2H3/i23+1. The summed E-state index contributed by atoms with van der Waals surface area (Å²) in [5, 5.41) is 2.07. The Morgan fingerprint density at radius 1 is 0.677 bits per heavy atom. The van der Waals surface area contributed by atoms with Crippen LogP contribution in [0.25, 0.3) is 0 Å². The van der Waals surface area contributed by atoms with Crippen molar-refractivity contribution in [3.05, 3.63) is 91.0 Å². The molecule has 0 saturated heterocycles. The molecule has 3 aromatic carbocycles. The van der Waals surface area contributed by atoms with E-state index in [0.717, 1.165) is 23.0 Å². The van der Waals surface area contributed by atoms with Crippen molar-refractivity contribution in [1.82, 2.24) is 0 Å². The highest BCUT2D eigenvalue weighted by molar-refractivity contribution is 7.98. The van der Waals surface area contributed by atoms with Crippen molar-refractivity contribution in [2.75, 3.05) is 13.7 Å². The number of Topliss-reactive ketones (excluding diaryl/α,β-unsaturated/α-hetero) is 1. The minimum absolute atomic E-state index is 0.0646. The average molecular weight is 435 g/mol. The van der Waals surface area contributed by atoms with E-state index in [0.29, 0.717) is 0 Å². The van der Waals surface area contributed by atoms with Crippen LogP contribution in [0.2, 0.25) is 0 Å². The molecule has 0 aliphatic heterocycles. The van der Waals surface area contributed by atoms with Gasteiger partial charge in [-0.1, -0.05) is 91.0 Å². The van der Waals surface area contributed by atoms with E-state index in [1.807, 2.05) is 91.0 Å². The zero-order valence-corrected chi connectivity index (χ0v) is 18.3. The molecular formula is C25H23O5P. The summed E-state index contributed by atoms with van der Waals surface area (Å²) in [6.07, 6.45) is 0. The van der Waals surface area contributed by atoms with Gasteiger partial charge in [0.05, 0.1) is 13.7 Å². The third kappa shape index (κ3) is 4.23. The second-order valence-corrected chi connectivity index (χ2v) is 9.91. The molecule has 158 valence electrons. The van der Waals surface area contributed by atoms with E-state index in [2.05, 4.69) is 0 Å². The third-order valence-corrected chi connectivity index (χ3v) is 9.10. The third-order valence-electron chi connectivity index (χ3n) is 4.82. The Morgan fingerprint density at radius 3 is 1.39 bits per heavy atom.